The van der Waals surface area contributed by atoms with E-state index in [0.717, 1.165) is 5.82 Å². The smallest absolute Gasteiger partial charge is 0.317 e. The average molecular weight is 269 g/mol. The zero-order chi connectivity index (χ0) is 14.3. The van der Waals surface area contributed by atoms with Crippen molar-refractivity contribution >= 4 is 6.03 Å². The first-order valence-electron chi connectivity index (χ1n) is 6.48. The van der Waals surface area contributed by atoms with Crippen LogP contribution in [-0.2, 0) is 18.2 Å². The summed E-state index contributed by atoms with van der Waals surface area (Å²) in [7, 11) is 3.64. The number of aryl methyl sites for hydroxylation is 1. The van der Waals surface area contributed by atoms with Gasteiger partial charge >= 0.3 is 6.03 Å². The molecule has 0 radical (unpaired) electrons. The lowest BCUT2D eigenvalue weighted by Crippen LogP contribution is -2.42. The highest BCUT2D eigenvalue weighted by Gasteiger charge is 2.12. The van der Waals surface area contributed by atoms with Crippen molar-refractivity contribution in [2.75, 3.05) is 26.7 Å². The topological polar surface area (TPSA) is 72.3 Å². The molecule has 0 bridgehead atoms. The van der Waals surface area contributed by atoms with E-state index in [4.69, 9.17) is 4.74 Å². The molecule has 1 N–H and O–H groups in total. The van der Waals surface area contributed by atoms with Crippen molar-refractivity contribution in [3.63, 3.8) is 0 Å². The minimum Gasteiger partial charge on any atom is -0.377 e. The fourth-order valence-corrected chi connectivity index (χ4v) is 1.76. The highest BCUT2D eigenvalue weighted by Crippen LogP contribution is 1.96. The molecule has 0 aliphatic rings. The van der Waals surface area contributed by atoms with Gasteiger partial charge in [0.1, 0.15) is 12.2 Å². The number of hydrogen-bond donors (Lipinski definition) is 1. The van der Waals surface area contributed by atoms with Gasteiger partial charge in [0, 0.05) is 40.2 Å². The predicted molar refractivity (Wildman–Crippen MR) is 71.8 cm³/mol. The van der Waals surface area contributed by atoms with Gasteiger partial charge in [0.05, 0.1) is 6.10 Å². The van der Waals surface area contributed by atoms with Gasteiger partial charge in [-0.15, -0.1) is 10.2 Å². The van der Waals surface area contributed by atoms with Gasteiger partial charge in [0.2, 0.25) is 0 Å². The second-order valence-electron chi connectivity index (χ2n) is 4.49. The fourth-order valence-electron chi connectivity index (χ4n) is 1.76. The Morgan fingerprint density at radius 2 is 2.37 bits per heavy atom. The Morgan fingerprint density at radius 1 is 1.63 bits per heavy atom. The van der Waals surface area contributed by atoms with Gasteiger partial charge in [-0.25, -0.2) is 4.79 Å². The van der Waals surface area contributed by atoms with Crippen LogP contribution in [0.5, 0.6) is 0 Å². The number of nitrogens with zero attached hydrogens (tertiary/aromatic N) is 4. The Balaban J connectivity index is 2.25. The fraction of sp³-hybridized carbons (Fsp3) is 0.750. The average Bonchev–Trinajstić information content (AvgIpc) is 2.75. The summed E-state index contributed by atoms with van der Waals surface area (Å²) in [6, 6.07) is -0.103. The quantitative estimate of drug-likeness (QED) is 0.779. The molecule has 2 amide bonds. The number of carbonyl (C=O) groups excluding carboxylic acids is 1. The van der Waals surface area contributed by atoms with E-state index < -0.39 is 0 Å². The van der Waals surface area contributed by atoms with Crippen molar-refractivity contribution in [1.82, 2.24) is 25.0 Å². The predicted octanol–water partition coefficient (Wildman–Crippen LogP) is 0.424. The Morgan fingerprint density at radius 3 is 2.95 bits per heavy atom. The van der Waals surface area contributed by atoms with Crippen molar-refractivity contribution in [2.24, 2.45) is 7.05 Å². The van der Waals surface area contributed by atoms with Crippen LogP contribution in [0.15, 0.2) is 6.33 Å². The number of aromatic nitrogens is 3. The summed E-state index contributed by atoms with van der Waals surface area (Å²) in [6.07, 6.45) is 2.35. The molecule has 0 aromatic carbocycles. The molecule has 1 rings (SSSR count). The standard InChI is InChI=1S/C12H23N5O2/c1-5-19-10(2)8-16(3)12(18)13-7-6-11-15-14-9-17(11)4/h9-10H,5-8H2,1-4H3,(H,13,18). The number of ether oxygens (including phenoxy) is 1. The lowest BCUT2D eigenvalue weighted by atomic mass is 10.3. The summed E-state index contributed by atoms with van der Waals surface area (Å²) in [4.78, 5) is 13.4. The first kappa shape index (κ1) is 15.4. The minimum absolute atomic E-state index is 0.0412. The minimum atomic E-state index is -0.103. The van der Waals surface area contributed by atoms with E-state index >= 15 is 0 Å². The molecule has 0 spiro atoms. The normalized spacial score (nSPS) is 12.2. The number of carbonyl (C=O) groups is 1. The molecule has 1 heterocycles. The van der Waals surface area contributed by atoms with Gasteiger partial charge in [0.15, 0.2) is 0 Å². The van der Waals surface area contributed by atoms with E-state index in [1.165, 1.54) is 0 Å². The van der Waals surface area contributed by atoms with Crippen molar-refractivity contribution < 1.29 is 9.53 Å². The molecule has 1 aromatic rings. The van der Waals surface area contributed by atoms with E-state index in [9.17, 15) is 4.79 Å². The van der Waals surface area contributed by atoms with Gasteiger partial charge in [0.25, 0.3) is 0 Å². The highest BCUT2D eigenvalue weighted by atomic mass is 16.5. The second kappa shape index (κ2) is 7.73. The first-order valence-corrected chi connectivity index (χ1v) is 6.48. The van der Waals surface area contributed by atoms with Crippen LogP contribution in [0.2, 0.25) is 0 Å². The van der Waals surface area contributed by atoms with Crippen LogP contribution in [0, 0.1) is 0 Å². The number of amides is 2. The third-order valence-corrected chi connectivity index (χ3v) is 2.76. The number of rotatable bonds is 7. The van der Waals surface area contributed by atoms with Crippen LogP contribution < -0.4 is 5.32 Å². The van der Waals surface area contributed by atoms with Crippen molar-refractivity contribution in [3.8, 4) is 0 Å². The summed E-state index contributed by atoms with van der Waals surface area (Å²) in [5.41, 5.74) is 0. The Labute approximate surface area is 113 Å². The molecule has 1 atom stereocenters. The molecule has 0 aliphatic heterocycles. The summed E-state index contributed by atoms with van der Waals surface area (Å²) >= 11 is 0. The maximum absolute atomic E-state index is 11.8. The molecule has 108 valence electrons. The summed E-state index contributed by atoms with van der Waals surface area (Å²) in [5, 5.41) is 10.6. The Bertz CT molecular complexity index is 393. The van der Waals surface area contributed by atoms with E-state index in [2.05, 4.69) is 15.5 Å². The van der Waals surface area contributed by atoms with Crippen LogP contribution in [0.25, 0.3) is 0 Å². The van der Waals surface area contributed by atoms with Crippen LogP contribution in [0.4, 0.5) is 4.79 Å². The molecule has 0 fully saturated rings. The zero-order valence-corrected chi connectivity index (χ0v) is 12.1. The SMILES string of the molecule is CCOC(C)CN(C)C(=O)NCCc1nncn1C. The summed E-state index contributed by atoms with van der Waals surface area (Å²) < 4.78 is 7.24. The van der Waals surface area contributed by atoms with E-state index in [0.29, 0.717) is 26.1 Å². The molecule has 0 saturated heterocycles. The largest absolute Gasteiger partial charge is 0.377 e. The van der Waals surface area contributed by atoms with Crippen molar-refractivity contribution in [3.05, 3.63) is 12.2 Å². The van der Waals surface area contributed by atoms with Gasteiger partial charge < -0.3 is 19.5 Å². The summed E-state index contributed by atoms with van der Waals surface area (Å²) in [5.74, 6) is 0.852. The first-order chi connectivity index (χ1) is 9.04. The van der Waals surface area contributed by atoms with E-state index in [1.807, 2.05) is 25.5 Å². The summed E-state index contributed by atoms with van der Waals surface area (Å²) in [6.45, 7) is 5.66. The number of likely N-dealkylation sites (N-methyl/N-ethyl adjacent to an activating group) is 1. The number of nitrogens with one attached hydrogen (secondary N) is 1. The molecule has 0 saturated carbocycles. The Hall–Kier alpha value is -1.63. The number of hydrogen-bond acceptors (Lipinski definition) is 4. The molecular weight excluding hydrogens is 246 g/mol. The van der Waals surface area contributed by atoms with Gasteiger partial charge in [-0.05, 0) is 13.8 Å². The lowest BCUT2D eigenvalue weighted by molar-refractivity contribution is 0.0581. The highest BCUT2D eigenvalue weighted by molar-refractivity contribution is 5.73. The molecule has 7 nitrogen and oxygen atoms in total. The zero-order valence-electron chi connectivity index (χ0n) is 12.1. The second-order valence-corrected chi connectivity index (χ2v) is 4.49. The third-order valence-electron chi connectivity index (χ3n) is 2.76. The van der Waals surface area contributed by atoms with Crippen LogP contribution in [0.1, 0.15) is 19.7 Å². The maximum atomic E-state index is 11.8. The molecular formula is C12H23N5O2. The molecule has 1 aromatic heterocycles. The van der Waals surface area contributed by atoms with Crippen LogP contribution in [-0.4, -0.2) is 58.5 Å². The van der Waals surface area contributed by atoms with Crippen LogP contribution in [0.3, 0.4) is 0 Å². The van der Waals surface area contributed by atoms with Crippen molar-refractivity contribution in [2.45, 2.75) is 26.4 Å². The molecule has 1 unspecified atom stereocenters. The van der Waals surface area contributed by atoms with Gasteiger partial charge in [-0.3, -0.25) is 0 Å². The lowest BCUT2D eigenvalue weighted by Gasteiger charge is -2.21. The van der Waals surface area contributed by atoms with Gasteiger partial charge in [-0.1, -0.05) is 0 Å². The van der Waals surface area contributed by atoms with Gasteiger partial charge in [-0.2, -0.15) is 0 Å². The van der Waals surface area contributed by atoms with E-state index in [-0.39, 0.29) is 12.1 Å². The van der Waals surface area contributed by atoms with Crippen molar-refractivity contribution in [1.29, 1.82) is 0 Å². The maximum Gasteiger partial charge on any atom is 0.317 e. The van der Waals surface area contributed by atoms with E-state index in [1.54, 1.807) is 18.3 Å². The number of urea groups is 1. The monoisotopic (exact) mass is 269 g/mol. The third kappa shape index (κ3) is 5.25. The Kier molecular flexibility index (Phi) is 6.27. The molecule has 7 heteroatoms. The van der Waals surface area contributed by atoms with Crippen LogP contribution >= 0.6 is 0 Å². The molecule has 19 heavy (non-hydrogen) atoms. The molecule has 0 aliphatic carbocycles.